The van der Waals surface area contributed by atoms with Crippen LogP contribution in [0.15, 0.2) is 48.7 Å². The molecule has 0 radical (unpaired) electrons. The normalized spacial score (nSPS) is 19.8. The molecule has 0 amide bonds. The Morgan fingerprint density at radius 1 is 1.25 bits per heavy atom. The first-order valence-corrected chi connectivity index (χ1v) is 7.18. The smallest absolute Gasteiger partial charge is 0.214 e. The predicted molar refractivity (Wildman–Crippen MR) is 79.8 cm³/mol. The highest BCUT2D eigenvalue weighted by atomic mass is 16.5. The monoisotopic (exact) mass is 268 g/mol. The van der Waals surface area contributed by atoms with Gasteiger partial charge in [0.25, 0.3) is 0 Å². The molecule has 0 spiro atoms. The molecule has 1 N–H and O–H groups in total. The number of pyridine rings is 1. The van der Waals surface area contributed by atoms with Crippen LogP contribution >= 0.6 is 0 Å². The van der Waals surface area contributed by atoms with Gasteiger partial charge in [-0.25, -0.2) is 4.98 Å². The van der Waals surface area contributed by atoms with Crippen LogP contribution in [0.2, 0.25) is 0 Å². The second-order valence-corrected chi connectivity index (χ2v) is 5.37. The molecule has 104 valence electrons. The molecule has 20 heavy (non-hydrogen) atoms. The molecule has 0 unspecified atom stereocenters. The van der Waals surface area contributed by atoms with Crippen molar-refractivity contribution in [2.45, 2.75) is 19.4 Å². The molecule has 1 aromatic heterocycles. The van der Waals surface area contributed by atoms with Gasteiger partial charge in [-0.2, -0.15) is 0 Å². The van der Waals surface area contributed by atoms with Gasteiger partial charge < -0.3 is 10.1 Å². The van der Waals surface area contributed by atoms with Crippen molar-refractivity contribution in [3.8, 4) is 5.88 Å². The van der Waals surface area contributed by atoms with Crippen molar-refractivity contribution < 1.29 is 4.74 Å². The van der Waals surface area contributed by atoms with Gasteiger partial charge in [-0.05, 0) is 37.1 Å². The third kappa shape index (κ3) is 2.99. The van der Waals surface area contributed by atoms with E-state index in [9.17, 15) is 0 Å². The first-order chi connectivity index (χ1) is 9.83. The molecule has 3 heteroatoms. The topological polar surface area (TPSA) is 34.1 Å². The average Bonchev–Trinajstić information content (AvgIpc) is 3.00. The van der Waals surface area contributed by atoms with Gasteiger partial charge in [0.05, 0.1) is 0 Å². The summed E-state index contributed by atoms with van der Waals surface area (Å²) in [5.74, 6) is 1.21. The van der Waals surface area contributed by atoms with Gasteiger partial charge in [0.2, 0.25) is 5.88 Å². The zero-order chi connectivity index (χ0) is 13.8. The lowest BCUT2D eigenvalue weighted by atomic mass is 9.95. The lowest BCUT2D eigenvalue weighted by molar-refractivity contribution is 0.138. The third-order valence-corrected chi connectivity index (χ3v) is 3.79. The first kappa shape index (κ1) is 13.1. The minimum atomic E-state index is 0.0699. The van der Waals surface area contributed by atoms with Crippen LogP contribution in [0, 0.1) is 12.8 Å². The van der Waals surface area contributed by atoms with Crippen LogP contribution in [0.1, 0.15) is 23.7 Å². The molecule has 2 heterocycles. The van der Waals surface area contributed by atoms with Gasteiger partial charge in [-0.15, -0.1) is 0 Å². The summed E-state index contributed by atoms with van der Waals surface area (Å²) in [5, 5.41) is 3.42. The highest BCUT2D eigenvalue weighted by Crippen LogP contribution is 2.31. The van der Waals surface area contributed by atoms with Gasteiger partial charge in [0, 0.05) is 24.7 Å². The second-order valence-electron chi connectivity index (χ2n) is 5.37. The highest BCUT2D eigenvalue weighted by Gasteiger charge is 2.28. The van der Waals surface area contributed by atoms with E-state index in [0.29, 0.717) is 11.8 Å². The molecule has 3 nitrogen and oxygen atoms in total. The Morgan fingerprint density at radius 2 is 2.10 bits per heavy atom. The Labute approximate surface area is 120 Å². The van der Waals surface area contributed by atoms with Crippen LogP contribution in [0.3, 0.4) is 0 Å². The lowest BCUT2D eigenvalue weighted by Crippen LogP contribution is -2.21. The van der Waals surface area contributed by atoms with Crippen LogP contribution in [0.4, 0.5) is 0 Å². The number of aryl methyl sites for hydroxylation is 1. The SMILES string of the molecule is Cc1ccnc(O[C@H](c2ccccc2)[C@@H]2CCNC2)c1. The van der Waals surface area contributed by atoms with Crippen LogP contribution in [-0.4, -0.2) is 18.1 Å². The average molecular weight is 268 g/mol. The second kappa shape index (κ2) is 6.06. The summed E-state index contributed by atoms with van der Waals surface area (Å²) >= 11 is 0. The number of rotatable bonds is 4. The number of aromatic nitrogens is 1. The standard InChI is InChI=1S/C17H20N2O/c1-13-7-10-19-16(11-13)20-17(15-8-9-18-12-15)14-5-3-2-4-6-14/h2-7,10-11,15,17-18H,8-9,12H2,1H3/t15-,17-/m1/s1. The zero-order valence-electron chi connectivity index (χ0n) is 11.8. The van der Waals surface area contributed by atoms with E-state index >= 15 is 0 Å². The van der Waals surface area contributed by atoms with Gasteiger partial charge in [0.1, 0.15) is 6.10 Å². The number of benzene rings is 1. The molecule has 2 atom stereocenters. The van der Waals surface area contributed by atoms with Crippen LogP contribution < -0.4 is 10.1 Å². The molecule has 0 aliphatic carbocycles. The minimum absolute atomic E-state index is 0.0699. The van der Waals surface area contributed by atoms with E-state index in [1.807, 2.05) is 18.2 Å². The van der Waals surface area contributed by atoms with E-state index in [-0.39, 0.29) is 6.10 Å². The largest absolute Gasteiger partial charge is 0.469 e. The number of nitrogens with zero attached hydrogens (tertiary/aromatic N) is 1. The number of nitrogens with one attached hydrogen (secondary N) is 1. The summed E-state index contributed by atoms with van der Waals surface area (Å²) in [4.78, 5) is 4.33. The molecule has 1 aromatic carbocycles. The van der Waals surface area contributed by atoms with E-state index in [0.717, 1.165) is 19.5 Å². The Balaban J connectivity index is 1.85. The number of hydrogen-bond donors (Lipinski definition) is 1. The van der Waals surface area contributed by atoms with Crippen molar-refractivity contribution in [1.29, 1.82) is 0 Å². The minimum Gasteiger partial charge on any atom is -0.469 e. The van der Waals surface area contributed by atoms with E-state index in [1.165, 1.54) is 11.1 Å². The molecule has 1 saturated heterocycles. The van der Waals surface area contributed by atoms with E-state index < -0.39 is 0 Å². The van der Waals surface area contributed by atoms with Crippen molar-refractivity contribution >= 4 is 0 Å². The van der Waals surface area contributed by atoms with Crippen molar-refractivity contribution in [1.82, 2.24) is 10.3 Å². The quantitative estimate of drug-likeness (QED) is 0.925. The molecular weight excluding hydrogens is 248 g/mol. The van der Waals surface area contributed by atoms with Gasteiger partial charge in [-0.3, -0.25) is 0 Å². The van der Waals surface area contributed by atoms with E-state index in [4.69, 9.17) is 4.74 Å². The Morgan fingerprint density at radius 3 is 2.80 bits per heavy atom. The first-order valence-electron chi connectivity index (χ1n) is 7.18. The summed E-state index contributed by atoms with van der Waals surface area (Å²) in [6.07, 6.45) is 3.02. The lowest BCUT2D eigenvalue weighted by Gasteiger charge is -2.24. The van der Waals surface area contributed by atoms with Crippen molar-refractivity contribution in [2.75, 3.05) is 13.1 Å². The Hall–Kier alpha value is -1.87. The number of hydrogen-bond acceptors (Lipinski definition) is 3. The highest BCUT2D eigenvalue weighted by molar-refractivity contribution is 5.23. The fraction of sp³-hybridized carbons (Fsp3) is 0.353. The summed E-state index contributed by atoms with van der Waals surface area (Å²) in [6, 6.07) is 14.4. The Kier molecular flexibility index (Phi) is 3.97. The molecule has 1 fully saturated rings. The fourth-order valence-corrected chi connectivity index (χ4v) is 2.72. The molecule has 3 rings (SSSR count). The molecule has 0 saturated carbocycles. The molecule has 1 aliphatic heterocycles. The summed E-state index contributed by atoms with van der Waals surface area (Å²) < 4.78 is 6.21. The molecule has 2 aromatic rings. The van der Waals surface area contributed by atoms with E-state index in [1.54, 1.807) is 6.20 Å². The fourth-order valence-electron chi connectivity index (χ4n) is 2.72. The molecular formula is C17H20N2O. The Bertz CT molecular complexity index is 550. The van der Waals surface area contributed by atoms with Crippen molar-refractivity contribution in [2.24, 2.45) is 5.92 Å². The maximum Gasteiger partial charge on any atom is 0.214 e. The van der Waals surface area contributed by atoms with Gasteiger partial charge >= 0.3 is 0 Å². The van der Waals surface area contributed by atoms with Crippen LogP contribution in [0.25, 0.3) is 0 Å². The molecule has 0 bridgehead atoms. The van der Waals surface area contributed by atoms with Crippen molar-refractivity contribution in [3.05, 3.63) is 59.8 Å². The maximum atomic E-state index is 6.21. The summed E-state index contributed by atoms with van der Waals surface area (Å²) in [7, 11) is 0. The van der Waals surface area contributed by atoms with Crippen LogP contribution in [0.5, 0.6) is 5.88 Å². The maximum absolute atomic E-state index is 6.21. The molecule has 1 aliphatic rings. The number of ether oxygens (including phenoxy) is 1. The van der Waals surface area contributed by atoms with Gasteiger partial charge in [0.15, 0.2) is 0 Å². The third-order valence-electron chi connectivity index (χ3n) is 3.79. The predicted octanol–water partition coefficient (Wildman–Crippen LogP) is 3.12. The zero-order valence-corrected chi connectivity index (χ0v) is 11.8. The summed E-state index contributed by atoms with van der Waals surface area (Å²) in [5.41, 5.74) is 2.40. The van der Waals surface area contributed by atoms with Gasteiger partial charge in [-0.1, -0.05) is 30.3 Å². The van der Waals surface area contributed by atoms with Crippen LogP contribution in [-0.2, 0) is 0 Å². The summed E-state index contributed by atoms with van der Waals surface area (Å²) in [6.45, 7) is 4.13. The van der Waals surface area contributed by atoms with E-state index in [2.05, 4.69) is 41.5 Å². The van der Waals surface area contributed by atoms with Crippen molar-refractivity contribution in [3.63, 3.8) is 0 Å².